The second-order valence-electron chi connectivity index (χ2n) is 7.22. The highest BCUT2D eigenvalue weighted by molar-refractivity contribution is 7.13. The quantitative estimate of drug-likeness (QED) is 0.800. The van der Waals surface area contributed by atoms with Gasteiger partial charge in [0.25, 0.3) is 5.91 Å². The van der Waals surface area contributed by atoms with Crippen molar-refractivity contribution >= 4 is 28.3 Å². The van der Waals surface area contributed by atoms with Crippen LogP contribution in [-0.4, -0.2) is 41.3 Å². The molecule has 0 aliphatic carbocycles. The van der Waals surface area contributed by atoms with Crippen LogP contribution in [0.5, 0.6) is 0 Å². The number of benzene rings is 1. The maximum atomic E-state index is 12.1. The van der Waals surface area contributed by atoms with Crippen molar-refractivity contribution in [2.75, 3.05) is 25.0 Å². The van der Waals surface area contributed by atoms with E-state index in [1.165, 1.54) is 24.2 Å². The first-order chi connectivity index (χ1) is 13.0. The molecular weight excluding hydrogens is 360 g/mol. The van der Waals surface area contributed by atoms with Crippen molar-refractivity contribution in [2.24, 2.45) is 5.92 Å². The van der Waals surface area contributed by atoms with Gasteiger partial charge in [-0.05, 0) is 44.4 Å². The molecule has 1 aliphatic heterocycles. The third kappa shape index (κ3) is 5.87. The van der Waals surface area contributed by atoms with E-state index in [2.05, 4.69) is 27.4 Å². The number of carbonyl (C=O) groups is 2. The third-order valence-corrected chi connectivity index (χ3v) is 5.45. The van der Waals surface area contributed by atoms with Crippen LogP contribution in [0.25, 0.3) is 0 Å². The Kier molecular flexibility index (Phi) is 6.58. The van der Waals surface area contributed by atoms with Crippen LogP contribution in [0, 0.1) is 12.8 Å². The zero-order valence-electron chi connectivity index (χ0n) is 15.8. The molecule has 2 amide bonds. The Labute approximate surface area is 164 Å². The summed E-state index contributed by atoms with van der Waals surface area (Å²) in [7, 11) is 0. The SMILES string of the molecule is Cc1ccc(C(=O)NCC(=O)Nc2nc(CN3CCC[C@@H](C)C3)cs2)cc1. The van der Waals surface area contributed by atoms with Gasteiger partial charge < -0.3 is 10.6 Å². The molecule has 0 saturated carbocycles. The van der Waals surface area contributed by atoms with Gasteiger partial charge in [0.1, 0.15) is 0 Å². The van der Waals surface area contributed by atoms with Gasteiger partial charge in [0, 0.05) is 24.0 Å². The number of hydrogen-bond acceptors (Lipinski definition) is 5. The predicted molar refractivity (Wildman–Crippen MR) is 108 cm³/mol. The lowest BCUT2D eigenvalue weighted by molar-refractivity contribution is -0.115. The van der Waals surface area contributed by atoms with Crippen molar-refractivity contribution in [3.8, 4) is 0 Å². The lowest BCUT2D eigenvalue weighted by atomic mass is 10.0. The molecular formula is C20H26N4O2S. The number of carbonyl (C=O) groups excluding carboxylic acids is 2. The Morgan fingerprint density at radius 3 is 2.81 bits per heavy atom. The summed E-state index contributed by atoms with van der Waals surface area (Å²) in [6, 6.07) is 7.23. The van der Waals surface area contributed by atoms with Crippen LogP contribution >= 0.6 is 11.3 Å². The Hall–Kier alpha value is -2.25. The Balaban J connectivity index is 1.45. The average molecular weight is 387 g/mol. The van der Waals surface area contributed by atoms with E-state index in [-0.39, 0.29) is 18.4 Å². The molecule has 3 rings (SSSR count). The number of thiazole rings is 1. The molecule has 144 valence electrons. The minimum absolute atomic E-state index is 0.0781. The molecule has 0 radical (unpaired) electrons. The zero-order valence-corrected chi connectivity index (χ0v) is 16.6. The predicted octanol–water partition coefficient (Wildman–Crippen LogP) is 3.05. The largest absolute Gasteiger partial charge is 0.343 e. The molecule has 2 aromatic rings. The highest BCUT2D eigenvalue weighted by Gasteiger charge is 2.17. The van der Waals surface area contributed by atoms with Gasteiger partial charge in [0.15, 0.2) is 5.13 Å². The number of nitrogens with zero attached hydrogens (tertiary/aromatic N) is 2. The third-order valence-electron chi connectivity index (χ3n) is 4.65. The Bertz CT molecular complexity index is 788. The highest BCUT2D eigenvalue weighted by atomic mass is 32.1. The summed E-state index contributed by atoms with van der Waals surface area (Å²) in [5.74, 6) is 0.195. The standard InChI is InChI=1S/C20H26N4O2S/c1-14-5-7-16(8-6-14)19(26)21-10-18(25)23-20-22-17(13-27-20)12-24-9-3-4-15(2)11-24/h5-8,13,15H,3-4,9-12H2,1-2H3,(H,21,26)(H,22,23,25)/t15-/m1/s1. The van der Waals surface area contributed by atoms with Crippen LogP contribution in [0.15, 0.2) is 29.6 Å². The van der Waals surface area contributed by atoms with Crippen molar-refractivity contribution in [1.29, 1.82) is 0 Å². The van der Waals surface area contributed by atoms with E-state index in [1.807, 2.05) is 24.4 Å². The molecule has 1 aromatic heterocycles. The number of aromatic nitrogens is 1. The van der Waals surface area contributed by atoms with E-state index < -0.39 is 0 Å². The van der Waals surface area contributed by atoms with Crippen molar-refractivity contribution < 1.29 is 9.59 Å². The normalized spacial score (nSPS) is 17.5. The van der Waals surface area contributed by atoms with Gasteiger partial charge in [-0.1, -0.05) is 24.6 Å². The topological polar surface area (TPSA) is 74.3 Å². The van der Waals surface area contributed by atoms with Crippen molar-refractivity contribution in [2.45, 2.75) is 33.2 Å². The first kappa shape index (κ1) is 19.5. The number of nitrogens with one attached hydrogen (secondary N) is 2. The van der Waals surface area contributed by atoms with Gasteiger partial charge >= 0.3 is 0 Å². The maximum absolute atomic E-state index is 12.1. The van der Waals surface area contributed by atoms with E-state index in [0.717, 1.165) is 36.8 Å². The van der Waals surface area contributed by atoms with Crippen molar-refractivity contribution in [3.05, 3.63) is 46.5 Å². The van der Waals surface area contributed by atoms with E-state index >= 15 is 0 Å². The molecule has 0 bridgehead atoms. The van der Waals surface area contributed by atoms with Crippen LogP contribution in [0.2, 0.25) is 0 Å². The van der Waals surface area contributed by atoms with Gasteiger partial charge in [-0.2, -0.15) is 0 Å². The minimum Gasteiger partial charge on any atom is -0.343 e. The average Bonchev–Trinajstić information content (AvgIpc) is 3.07. The lowest BCUT2D eigenvalue weighted by Crippen LogP contribution is -2.34. The van der Waals surface area contributed by atoms with E-state index in [9.17, 15) is 9.59 Å². The summed E-state index contributed by atoms with van der Waals surface area (Å²) in [6.07, 6.45) is 2.53. The molecule has 1 aliphatic rings. The van der Waals surface area contributed by atoms with Gasteiger partial charge in [0.05, 0.1) is 12.2 Å². The number of amides is 2. The summed E-state index contributed by atoms with van der Waals surface area (Å²) < 4.78 is 0. The molecule has 1 fully saturated rings. The van der Waals surface area contributed by atoms with Crippen molar-refractivity contribution in [1.82, 2.24) is 15.2 Å². The number of hydrogen-bond donors (Lipinski definition) is 2. The summed E-state index contributed by atoms with van der Waals surface area (Å²) in [6.45, 7) is 7.19. The van der Waals surface area contributed by atoms with Crippen LogP contribution < -0.4 is 10.6 Å². The molecule has 0 unspecified atom stereocenters. The number of aryl methyl sites for hydroxylation is 1. The molecule has 7 heteroatoms. The summed E-state index contributed by atoms with van der Waals surface area (Å²) >= 11 is 1.42. The van der Waals surface area contributed by atoms with Crippen LogP contribution in [-0.2, 0) is 11.3 Å². The smallest absolute Gasteiger partial charge is 0.251 e. The first-order valence-electron chi connectivity index (χ1n) is 9.31. The van der Waals surface area contributed by atoms with E-state index in [4.69, 9.17) is 0 Å². The Morgan fingerprint density at radius 1 is 1.30 bits per heavy atom. The minimum atomic E-state index is -0.275. The lowest BCUT2D eigenvalue weighted by Gasteiger charge is -2.30. The molecule has 0 spiro atoms. The van der Waals surface area contributed by atoms with Gasteiger partial charge in [-0.3, -0.25) is 14.5 Å². The fourth-order valence-electron chi connectivity index (χ4n) is 3.23. The number of piperidine rings is 1. The van der Waals surface area contributed by atoms with E-state index in [0.29, 0.717) is 10.7 Å². The molecule has 1 saturated heterocycles. The number of anilines is 1. The molecule has 2 N–H and O–H groups in total. The van der Waals surface area contributed by atoms with Gasteiger partial charge in [0.2, 0.25) is 5.91 Å². The first-order valence-corrected chi connectivity index (χ1v) is 10.2. The number of rotatable bonds is 6. The zero-order chi connectivity index (χ0) is 19.2. The molecule has 2 heterocycles. The summed E-state index contributed by atoms with van der Waals surface area (Å²) in [4.78, 5) is 31.0. The molecule has 1 aromatic carbocycles. The highest BCUT2D eigenvalue weighted by Crippen LogP contribution is 2.20. The van der Waals surface area contributed by atoms with Crippen LogP contribution in [0.1, 0.15) is 41.4 Å². The fraction of sp³-hybridized carbons (Fsp3) is 0.450. The second-order valence-corrected chi connectivity index (χ2v) is 8.08. The molecule has 1 atom stereocenters. The monoisotopic (exact) mass is 386 g/mol. The van der Waals surface area contributed by atoms with Gasteiger partial charge in [-0.15, -0.1) is 11.3 Å². The van der Waals surface area contributed by atoms with Crippen molar-refractivity contribution in [3.63, 3.8) is 0 Å². The van der Waals surface area contributed by atoms with Gasteiger partial charge in [-0.25, -0.2) is 4.98 Å². The fourth-order valence-corrected chi connectivity index (χ4v) is 3.95. The summed E-state index contributed by atoms with van der Waals surface area (Å²) in [5.41, 5.74) is 2.61. The summed E-state index contributed by atoms with van der Waals surface area (Å²) in [5, 5.41) is 7.95. The molecule has 27 heavy (non-hydrogen) atoms. The Morgan fingerprint density at radius 2 is 2.07 bits per heavy atom. The van der Waals surface area contributed by atoms with Crippen LogP contribution in [0.4, 0.5) is 5.13 Å². The maximum Gasteiger partial charge on any atom is 0.251 e. The second kappa shape index (κ2) is 9.10. The van der Waals surface area contributed by atoms with Crippen LogP contribution in [0.3, 0.4) is 0 Å². The number of likely N-dealkylation sites (tertiary alicyclic amines) is 1. The molecule has 6 nitrogen and oxygen atoms in total. The van der Waals surface area contributed by atoms with E-state index in [1.54, 1.807) is 12.1 Å².